The second-order valence-electron chi connectivity index (χ2n) is 7.28. The van der Waals surface area contributed by atoms with Gasteiger partial charge in [-0.1, -0.05) is 61.0 Å². The van der Waals surface area contributed by atoms with Gasteiger partial charge in [0.2, 0.25) is 0 Å². The number of benzene rings is 2. The van der Waals surface area contributed by atoms with Crippen molar-refractivity contribution in [1.29, 1.82) is 0 Å². The SMILES string of the molecule is CCC1(c2ccc(Cl)cc2)CCN(C(c2ccccc2)C(O)CO)CC1. The number of piperidine rings is 1. The van der Waals surface area contributed by atoms with Crippen LogP contribution in [-0.2, 0) is 5.41 Å². The van der Waals surface area contributed by atoms with E-state index < -0.39 is 6.10 Å². The molecule has 1 aliphatic heterocycles. The van der Waals surface area contributed by atoms with E-state index in [0.29, 0.717) is 0 Å². The molecule has 3 rings (SSSR count). The van der Waals surface area contributed by atoms with Crippen LogP contribution in [0.4, 0.5) is 0 Å². The number of hydrogen-bond acceptors (Lipinski definition) is 3. The number of halogens is 1. The minimum absolute atomic E-state index is 0.159. The lowest BCUT2D eigenvalue weighted by Gasteiger charge is -2.45. The molecule has 26 heavy (non-hydrogen) atoms. The van der Waals surface area contributed by atoms with Crippen LogP contribution in [0.25, 0.3) is 0 Å². The van der Waals surface area contributed by atoms with Crippen LogP contribution in [-0.4, -0.2) is 40.9 Å². The lowest BCUT2D eigenvalue weighted by atomic mass is 9.70. The van der Waals surface area contributed by atoms with Crippen LogP contribution in [0.3, 0.4) is 0 Å². The summed E-state index contributed by atoms with van der Waals surface area (Å²) in [5.74, 6) is 0. The Bertz CT molecular complexity index is 681. The molecule has 0 aliphatic carbocycles. The molecule has 2 aromatic rings. The quantitative estimate of drug-likeness (QED) is 0.798. The normalized spacial score (nSPS) is 19.8. The monoisotopic (exact) mass is 373 g/mol. The highest BCUT2D eigenvalue weighted by molar-refractivity contribution is 6.30. The number of aliphatic hydroxyl groups is 2. The average Bonchev–Trinajstić information content (AvgIpc) is 2.70. The van der Waals surface area contributed by atoms with Gasteiger partial charge in [-0.2, -0.15) is 0 Å². The predicted octanol–water partition coefficient (Wildman–Crippen LogP) is 4.18. The van der Waals surface area contributed by atoms with Crippen LogP contribution in [0, 0.1) is 0 Å². The lowest BCUT2D eigenvalue weighted by Crippen LogP contribution is -2.47. The standard InChI is InChI=1S/C22H28ClNO2/c1-2-22(18-8-10-19(23)11-9-18)12-14-24(15-13-22)21(20(26)16-25)17-6-4-3-5-7-17/h3-11,20-21,25-26H,2,12-16H2,1H3. The van der Waals surface area contributed by atoms with Crippen molar-refractivity contribution in [2.45, 2.75) is 43.7 Å². The molecular weight excluding hydrogens is 346 g/mol. The van der Waals surface area contributed by atoms with Gasteiger partial charge in [-0.3, -0.25) is 4.90 Å². The molecular formula is C22H28ClNO2. The van der Waals surface area contributed by atoms with Crippen molar-refractivity contribution < 1.29 is 10.2 Å². The fourth-order valence-electron chi connectivity index (χ4n) is 4.31. The summed E-state index contributed by atoms with van der Waals surface area (Å²) in [5, 5.41) is 20.8. The summed E-state index contributed by atoms with van der Waals surface area (Å²) >= 11 is 6.06. The Labute approximate surface area is 161 Å². The zero-order valence-corrected chi connectivity index (χ0v) is 16.1. The van der Waals surface area contributed by atoms with Crippen LogP contribution in [0.15, 0.2) is 54.6 Å². The Balaban J connectivity index is 1.79. The molecule has 2 unspecified atom stereocenters. The fraction of sp³-hybridized carbons (Fsp3) is 0.455. The molecule has 1 fully saturated rings. The Morgan fingerprint density at radius 3 is 2.19 bits per heavy atom. The molecule has 1 saturated heterocycles. The van der Waals surface area contributed by atoms with Gasteiger partial charge in [0.05, 0.1) is 18.8 Å². The van der Waals surface area contributed by atoms with Crippen molar-refractivity contribution in [1.82, 2.24) is 4.90 Å². The first kappa shape index (κ1) is 19.4. The molecule has 0 spiro atoms. The van der Waals surface area contributed by atoms with E-state index >= 15 is 0 Å². The van der Waals surface area contributed by atoms with Crippen molar-refractivity contribution in [2.24, 2.45) is 0 Å². The van der Waals surface area contributed by atoms with Crippen LogP contribution >= 0.6 is 11.6 Å². The van der Waals surface area contributed by atoms with E-state index in [0.717, 1.165) is 42.9 Å². The van der Waals surface area contributed by atoms with Gasteiger partial charge in [-0.25, -0.2) is 0 Å². The molecule has 2 aromatic carbocycles. The maximum atomic E-state index is 10.5. The number of likely N-dealkylation sites (tertiary alicyclic amines) is 1. The van der Waals surface area contributed by atoms with Crippen molar-refractivity contribution in [2.75, 3.05) is 19.7 Å². The average molecular weight is 374 g/mol. The van der Waals surface area contributed by atoms with Gasteiger partial charge in [0.25, 0.3) is 0 Å². The Morgan fingerprint density at radius 2 is 1.65 bits per heavy atom. The maximum absolute atomic E-state index is 10.5. The third-order valence-electron chi connectivity index (χ3n) is 5.97. The highest BCUT2D eigenvalue weighted by atomic mass is 35.5. The number of nitrogens with zero attached hydrogens (tertiary/aromatic N) is 1. The van der Waals surface area contributed by atoms with E-state index in [1.165, 1.54) is 5.56 Å². The largest absolute Gasteiger partial charge is 0.394 e. The van der Waals surface area contributed by atoms with Crippen LogP contribution in [0.5, 0.6) is 0 Å². The maximum Gasteiger partial charge on any atom is 0.0967 e. The summed E-state index contributed by atoms with van der Waals surface area (Å²) in [6, 6.07) is 18.1. The second-order valence-corrected chi connectivity index (χ2v) is 7.72. The minimum Gasteiger partial charge on any atom is -0.394 e. The fourth-order valence-corrected chi connectivity index (χ4v) is 4.43. The second kappa shape index (κ2) is 8.53. The van der Waals surface area contributed by atoms with E-state index in [2.05, 4.69) is 24.0 Å². The van der Waals surface area contributed by atoms with Crippen LogP contribution in [0.2, 0.25) is 5.02 Å². The predicted molar refractivity (Wildman–Crippen MR) is 107 cm³/mol. The summed E-state index contributed by atoms with van der Waals surface area (Å²) in [7, 11) is 0. The van der Waals surface area contributed by atoms with Gasteiger partial charge in [0.15, 0.2) is 0 Å². The number of aliphatic hydroxyl groups excluding tert-OH is 2. The van der Waals surface area contributed by atoms with Gasteiger partial charge in [0.1, 0.15) is 0 Å². The molecule has 0 radical (unpaired) electrons. The zero-order valence-electron chi connectivity index (χ0n) is 15.3. The van der Waals surface area contributed by atoms with Gasteiger partial charge in [-0.05, 0) is 61.0 Å². The molecule has 1 aliphatic rings. The Hall–Kier alpha value is -1.39. The van der Waals surface area contributed by atoms with Gasteiger partial charge in [0, 0.05) is 5.02 Å². The first-order chi connectivity index (χ1) is 12.6. The minimum atomic E-state index is -0.776. The van der Waals surface area contributed by atoms with Crippen molar-refractivity contribution >= 4 is 11.6 Å². The van der Waals surface area contributed by atoms with Crippen LogP contribution in [0.1, 0.15) is 43.4 Å². The summed E-state index contributed by atoms with van der Waals surface area (Å²) < 4.78 is 0. The summed E-state index contributed by atoms with van der Waals surface area (Å²) in [4.78, 5) is 2.32. The van der Waals surface area contributed by atoms with Gasteiger partial charge >= 0.3 is 0 Å². The summed E-state index contributed by atoms with van der Waals surface area (Å²) in [6.45, 7) is 3.81. The van der Waals surface area contributed by atoms with Crippen molar-refractivity contribution in [3.05, 3.63) is 70.7 Å². The first-order valence-corrected chi connectivity index (χ1v) is 9.81. The summed E-state index contributed by atoms with van der Waals surface area (Å²) in [6.07, 6.45) is 2.38. The molecule has 4 heteroatoms. The van der Waals surface area contributed by atoms with Gasteiger partial charge < -0.3 is 10.2 Å². The molecule has 3 nitrogen and oxygen atoms in total. The van der Waals surface area contributed by atoms with E-state index in [1.807, 2.05) is 42.5 Å². The zero-order chi connectivity index (χ0) is 18.6. The van der Waals surface area contributed by atoms with E-state index in [-0.39, 0.29) is 18.1 Å². The Morgan fingerprint density at radius 1 is 1.04 bits per heavy atom. The highest BCUT2D eigenvalue weighted by Crippen LogP contribution is 2.41. The van der Waals surface area contributed by atoms with E-state index in [1.54, 1.807) is 0 Å². The Kier molecular flexibility index (Phi) is 6.36. The van der Waals surface area contributed by atoms with E-state index in [9.17, 15) is 10.2 Å². The smallest absolute Gasteiger partial charge is 0.0967 e. The third-order valence-corrected chi connectivity index (χ3v) is 6.23. The highest BCUT2D eigenvalue weighted by Gasteiger charge is 2.38. The number of hydrogen-bond donors (Lipinski definition) is 2. The number of rotatable bonds is 6. The molecule has 2 atom stereocenters. The molecule has 0 saturated carbocycles. The third kappa shape index (κ3) is 3.96. The molecule has 0 bridgehead atoms. The first-order valence-electron chi connectivity index (χ1n) is 9.43. The summed E-state index contributed by atoms with van der Waals surface area (Å²) in [5.41, 5.74) is 2.57. The molecule has 140 valence electrons. The van der Waals surface area contributed by atoms with Gasteiger partial charge in [-0.15, -0.1) is 0 Å². The lowest BCUT2D eigenvalue weighted by molar-refractivity contribution is -0.00736. The molecule has 1 heterocycles. The molecule has 0 amide bonds. The van der Waals surface area contributed by atoms with E-state index in [4.69, 9.17) is 11.6 Å². The van der Waals surface area contributed by atoms with Crippen LogP contribution < -0.4 is 0 Å². The van der Waals surface area contributed by atoms with Crippen molar-refractivity contribution in [3.8, 4) is 0 Å². The van der Waals surface area contributed by atoms with Crippen molar-refractivity contribution in [3.63, 3.8) is 0 Å². The molecule has 0 aromatic heterocycles. The molecule has 2 N–H and O–H groups in total. The topological polar surface area (TPSA) is 43.7 Å².